The molecule has 15 heteroatoms. The number of alkyl halides is 3. The zero-order valence-corrected chi connectivity index (χ0v) is 21.6. The van der Waals surface area contributed by atoms with Gasteiger partial charge in [-0.2, -0.15) is 23.7 Å². The number of rotatable bonds is 8. The van der Waals surface area contributed by atoms with E-state index in [-0.39, 0.29) is 22.9 Å². The molecular weight excluding hydrogens is 551 g/mol. The van der Waals surface area contributed by atoms with Gasteiger partial charge in [0.05, 0.1) is 5.56 Å². The number of pyridine rings is 2. The van der Waals surface area contributed by atoms with E-state index in [2.05, 4.69) is 27.4 Å². The van der Waals surface area contributed by atoms with Crippen LogP contribution in [0.15, 0.2) is 47.6 Å². The molecule has 6 N–H and O–H groups in total. The molecule has 0 aliphatic rings. The van der Waals surface area contributed by atoms with E-state index in [4.69, 9.17) is 26.1 Å². The summed E-state index contributed by atoms with van der Waals surface area (Å²) in [6, 6.07) is 14.7. The number of thioether (sulfide) groups is 1. The lowest BCUT2D eigenvalue weighted by Crippen LogP contribution is -2.21. The number of halogens is 3. The fourth-order valence-electron chi connectivity index (χ4n) is 3.05. The summed E-state index contributed by atoms with van der Waals surface area (Å²) in [7, 11) is 1.53. The monoisotopic (exact) mass is 573 g/mol. The topological polar surface area (TPSA) is 201 Å². The highest BCUT2D eigenvalue weighted by Gasteiger charge is 2.38. The number of carbonyl (C=O) groups is 2. The summed E-state index contributed by atoms with van der Waals surface area (Å²) in [5.74, 6) is -1.96. The van der Waals surface area contributed by atoms with Crippen LogP contribution in [0.25, 0.3) is 11.1 Å². The highest BCUT2D eigenvalue weighted by Crippen LogP contribution is 2.37. The lowest BCUT2D eigenvalue weighted by atomic mass is 9.97. The Hall–Kier alpha value is -4.86. The van der Waals surface area contributed by atoms with Crippen LogP contribution in [0.5, 0.6) is 5.75 Å². The van der Waals surface area contributed by atoms with E-state index in [9.17, 15) is 28.5 Å². The first kappa shape index (κ1) is 31.4. The smallest absolute Gasteiger partial charge is 0.490 e. The summed E-state index contributed by atoms with van der Waals surface area (Å²) < 4.78 is 37.2. The predicted molar refractivity (Wildman–Crippen MR) is 139 cm³/mol. The molecule has 1 aromatic carbocycles. The number of aromatic nitrogens is 2. The Morgan fingerprint density at radius 1 is 1.15 bits per heavy atom. The zero-order valence-electron chi connectivity index (χ0n) is 20.8. The van der Waals surface area contributed by atoms with Gasteiger partial charge in [-0.25, -0.2) is 9.78 Å². The van der Waals surface area contributed by atoms with E-state index in [0.29, 0.717) is 46.5 Å². The van der Waals surface area contributed by atoms with Gasteiger partial charge >= 0.3 is 12.1 Å². The average Bonchev–Trinajstić information content (AvgIpc) is 2.94. The number of nitrogens with zero attached hydrogens (tertiary/aromatic N) is 4. The van der Waals surface area contributed by atoms with Gasteiger partial charge in [0.15, 0.2) is 0 Å². The van der Waals surface area contributed by atoms with Crippen molar-refractivity contribution in [1.82, 2.24) is 15.3 Å². The maximum absolute atomic E-state index is 11.8. The Bertz CT molecular complexity index is 1450. The van der Waals surface area contributed by atoms with Crippen LogP contribution in [-0.2, 0) is 10.5 Å². The predicted octanol–water partition coefficient (Wildman–Crippen LogP) is 3.09. The summed E-state index contributed by atoms with van der Waals surface area (Å²) in [5.41, 5.74) is 14.1. The number of carboxylic acid groups (broad SMARTS) is 1. The summed E-state index contributed by atoms with van der Waals surface area (Å²) in [6.45, 7) is 0.772. The van der Waals surface area contributed by atoms with Crippen molar-refractivity contribution < 1.29 is 32.6 Å². The normalized spacial score (nSPS) is 10.4. The Kier molecular flexibility index (Phi) is 11.2. The van der Waals surface area contributed by atoms with E-state index in [1.54, 1.807) is 42.6 Å². The van der Waals surface area contributed by atoms with Crippen molar-refractivity contribution in [2.24, 2.45) is 5.73 Å². The minimum absolute atomic E-state index is 0.0400. The Morgan fingerprint density at radius 2 is 1.77 bits per heavy atom. The Balaban J connectivity index is 0.000000708. The third-order valence-corrected chi connectivity index (χ3v) is 5.89. The number of anilines is 1. The maximum Gasteiger partial charge on any atom is 0.490 e. The lowest BCUT2D eigenvalue weighted by molar-refractivity contribution is -0.192. The van der Waals surface area contributed by atoms with Crippen LogP contribution in [-0.4, -0.2) is 53.3 Å². The van der Waals surface area contributed by atoms with Gasteiger partial charge in [-0.3, -0.25) is 9.78 Å². The molecule has 0 spiro atoms. The first-order valence-electron chi connectivity index (χ1n) is 11.1. The van der Waals surface area contributed by atoms with Crippen molar-refractivity contribution in [2.45, 2.75) is 17.0 Å². The lowest BCUT2D eigenvalue weighted by Gasteiger charge is -2.14. The van der Waals surface area contributed by atoms with Crippen LogP contribution in [0.4, 0.5) is 19.0 Å². The number of nitrogen functional groups attached to an aromatic ring is 1. The second-order valence-electron chi connectivity index (χ2n) is 7.53. The summed E-state index contributed by atoms with van der Waals surface area (Å²) >= 11 is 1.29. The van der Waals surface area contributed by atoms with Crippen LogP contribution in [0.2, 0.25) is 0 Å². The molecule has 0 fully saturated rings. The van der Waals surface area contributed by atoms with E-state index >= 15 is 0 Å². The van der Waals surface area contributed by atoms with Crippen molar-refractivity contribution >= 4 is 29.5 Å². The molecule has 208 valence electrons. The SMILES string of the molecule is CNC(=O)c1cc(CSc2nc(N)c(C#N)c(-c3ccc(OCCN)cc3)c2C#N)ccn1.O=C(O)C(F)(F)F. The molecule has 3 rings (SSSR count). The van der Waals surface area contributed by atoms with Gasteiger partial charge in [-0.1, -0.05) is 12.1 Å². The standard InChI is InChI=1S/C23H21N7O2S.C2HF3O2/c1-28-22(31)19-10-14(6-8-29-19)13-33-23-18(12-26)20(17(11-25)21(27)30-23)15-2-4-16(5-3-15)32-9-7-24;3-2(4,5)1(6)7/h2-6,8,10H,7,9,13,24H2,1H3,(H2,27,30)(H,28,31);(H,6,7). The number of hydrogen-bond donors (Lipinski definition) is 4. The van der Waals surface area contributed by atoms with Gasteiger partial charge in [0.1, 0.15) is 46.6 Å². The molecule has 0 aliphatic heterocycles. The molecular formula is C25H22F3N7O4S. The van der Waals surface area contributed by atoms with Gasteiger partial charge in [-0.15, -0.1) is 11.8 Å². The number of amides is 1. The molecule has 11 nitrogen and oxygen atoms in total. The summed E-state index contributed by atoms with van der Waals surface area (Å²) in [5, 5.41) is 29.7. The molecule has 2 heterocycles. The maximum atomic E-state index is 11.8. The van der Waals surface area contributed by atoms with E-state index in [0.717, 1.165) is 5.56 Å². The molecule has 0 radical (unpaired) electrons. The summed E-state index contributed by atoms with van der Waals surface area (Å²) in [6.07, 6.45) is -3.54. The minimum atomic E-state index is -5.08. The number of nitrogens with one attached hydrogen (secondary N) is 1. The largest absolute Gasteiger partial charge is 0.492 e. The molecule has 0 unspecified atom stereocenters. The third-order valence-electron chi connectivity index (χ3n) is 4.85. The van der Waals surface area contributed by atoms with E-state index in [1.165, 1.54) is 18.8 Å². The second-order valence-corrected chi connectivity index (χ2v) is 8.50. The molecule has 40 heavy (non-hydrogen) atoms. The Morgan fingerprint density at radius 3 is 2.30 bits per heavy atom. The van der Waals surface area contributed by atoms with Crippen LogP contribution < -0.4 is 21.5 Å². The first-order chi connectivity index (χ1) is 19.0. The highest BCUT2D eigenvalue weighted by molar-refractivity contribution is 7.98. The van der Waals surface area contributed by atoms with Gasteiger partial charge in [-0.05, 0) is 35.4 Å². The molecule has 3 aromatic rings. The minimum Gasteiger partial charge on any atom is -0.492 e. The van der Waals surface area contributed by atoms with Crippen LogP contribution in [0, 0.1) is 22.7 Å². The van der Waals surface area contributed by atoms with Crippen molar-refractivity contribution in [3.05, 3.63) is 65.0 Å². The number of hydrogen-bond acceptors (Lipinski definition) is 10. The number of nitrogens with two attached hydrogens (primary N) is 2. The van der Waals surface area contributed by atoms with Crippen LogP contribution >= 0.6 is 11.8 Å². The van der Waals surface area contributed by atoms with Gasteiger partial charge in [0.2, 0.25) is 0 Å². The second kappa shape index (κ2) is 14.3. The molecule has 0 saturated carbocycles. The fourth-order valence-corrected chi connectivity index (χ4v) is 3.99. The molecule has 0 aliphatic carbocycles. The molecule has 1 amide bonds. The first-order valence-corrected chi connectivity index (χ1v) is 12.1. The number of aliphatic carboxylic acids is 1. The van der Waals surface area contributed by atoms with E-state index < -0.39 is 12.1 Å². The van der Waals surface area contributed by atoms with Crippen LogP contribution in [0.3, 0.4) is 0 Å². The molecule has 0 saturated heterocycles. The number of nitriles is 2. The van der Waals surface area contributed by atoms with Crippen molar-refractivity contribution in [3.8, 4) is 29.0 Å². The van der Waals surface area contributed by atoms with Gasteiger partial charge in [0.25, 0.3) is 5.91 Å². The quantitative estimate of drug-likeness (QED) is 0.288. The summed E-state index contributed by atoms with van der Waals surface area (Å²) in [4.78, 5) is 29.1. The molecule has 2 aromatic heterocycles. The number of ether oxygens (including phenoxy) is 1. The third kappa shape index (κ3) is 8.32. The van der Waals surface area contributed by atoms with Crippen molar-refractivity contribution in [2.75, 3.05) is 25.9 Å². The number of carboxylic acids is 1. The Labute approximate surface area is 230 Å². The highest BCUT2D eigenvalue weighted by atomic mass is 32.2. The van der Waals surface area contributed by atoms with Gasteiger partial charge < -0.3 is 26.6 Å². The fraction of sp³-hybridized carbons (Fsp3) is 0.200. The van der Waals surface area contributed by atoms with Crippen molar-refractivity contribution in [1.29, 1.82) is 10.5 Å². The van der Waals surface area contributed by atoms with Crippen LogP contribution in [0.1, 0.15) is 27.2 Å². The number of carbonyl (C=O) groups excluding carboxylic acids is 1. The number of benzene rings is 1. The van der Waals surface area contributed by atoms with E-state index in [1.807, 2.05) is 0 Å². The van der Waals surface area contributed by atoms with Crippen molar-refractivity contribution in [3.63, 3.8) is 0 Å². The van der Waals surface area contributed by atoms with Gasteiger partial charge in [0, 0.05) is 31.1 Å². The molecule has 0 bridgehead atoms. The molecule has 0 atom stereocenters. The zero-order chi connectivity index (χ0) is 29.9. The average molecular weight is 574 g/mol.